The summed E-state index contributed by atoms with van der Waals surface area (Å²) in [4.78, 5) is 14.1. The van der Waals surface area contributed by atoms with E-state index >= 15 is 0 Å². The highest BCUT2D eigenvalue weighted by atomic mass is 32.2. The van der Waals surface area contributed by atoms with Crippen LogP contribution in [0.5, 0.6) is 0 Å². The van der Waals surface area contributed by atoms with Crippen molar-refractivity contribution in [2.45, 2.75) is 16.7 Å². The maximum atomic E-state index is 13.9. The lowest BCUT2D eigenvalue weighted by Gasteiger charge is -2.34. The van der Waals surface area contributed by atoms with Gasteiger partial charge in [0.05, 0.1) is 5.75 Å². The van der Waals surface area contributed by atoms with Gasteiger partial charge < -0.3 is 4.90 Å². The Hall–Kier alpha value is -1.97. The van der Waals surface area contributed by atoms with Crippen LogP contribution in [0, 0.1) is 18.6 Å². The molecule has 0 spiro atoms. The Bertz CT molecular complexity index is 955. The molecule has 0 atom stereocenters. The van der Waals surface area contributed by atoms with Crippen molar-refractivity contribution >= 4 is 27.7 Å². The highest BCUT2D eigenvalue weighted by molar-refractivity contribution is 8.00. The summed E-state index contributed by atoms with van der Waals surface area (Å²) >= 11 is 1.43. The zero-order valence-corrected chi connectivity index (χ0v) is 16.9. The SMILES string of the molecule is Cc1ccccc1SCC(=O)N1CCN(S(=O)(=O)c2c(F)cccc2F)CC1. The summed E-state index contributed by atoms with van der Waals surface area (Å²) in [6.07, 6.45) is 0. The summed E-state index contributed by atoms with van der Waals surface area (Å²) in [6.45, 7) is 2.33. The summed E-state index contributed by atoms with van der Waals surface area (Å²) in [7, 11) is -4.29. The van der Waals surface area contributed by atoms with Gasteiger partial charge in [0.1, 0.15) is 11.6 Å². The van der Waals surface area contributed by atoms with E-state index in [1.807, 2.05) is 31.2 Å². The number of hydrogen-bond donors (Lipinski definition) is 0. The van der Waals surface area contributed by atoms with Gasteiger partial charge in [-0.2, -0.15) is 4.31 Å². The van der Waals surface area contributed by atoms with E-state index < -0.39 is 26.6 Å². The van der Waals surface area contributed by atoms with Gasteiger partial charge in [0, 0.05) is 31.1 Å². The molecule has 0 unspecified atom stereocenters. The van der Waals surface area contributed by atoms with Crippen molar-refractivity contribution in [2.24, 2.45) is 0 Å². The molecule has 1 heterocycles. The second-order valence-corrected chi connectivity index (χ2v) is 9.28. The van der Waals surface area contributed by atoms with Crippen LogP contribution in [0.4, 0.5) is 8.78 Å². The molecule has 1 saturated heterocycles. The van der Waals surface area contributed by atoms with Gasteiger partial charge in [-0.1, -0.05) is 24.3 Å². The number of piperazine rings is 1. The molecule has 0 aromatic heterocycles. The number of benzene rings is 2. The molecule has 1 amide bonds. The van der Waals surface area contributed by atoms with E-state index in [0.29, 0.717) is 0 Å². The number of rotatable bonds is 5. The van der Waals surface area contributed by atoms with Gasteiger partial charge in [-0.15, -0.1) is 11.8 Å². The largest absolute Gasteiger partial charge is 0.339 e. The van der Waals surface area contributed by atoms with Crippen LogP contribution in [-0.4, -0.2) is 55.5 Å². The Morgan fingerprint density at radius 3 is 2.21 bits per heavy atom. The minimum Gasteiger partial charge on any atom is -0.339 e. The van der Waals surface area contributed by atoms with E-state index in [1.54, 1.807) is 4.90 Å². The van der Waals surface area contributed by atoms with Gasteiger partial charge in [-0.3, -0.25) is 4.79 Å². The van der Waals surface area contributed by atoms with Crippen LogP contribution in [-0.2, 0) is 14.8 Å². The molecule has 0 radical (unpaired) electrons. The molecule has 1 fully saturated rings. The maximum absolute atomic E-state index is 13.9. The first-order chi connectivity index (χ1) is 13.3. The lowest BCUT2D eigenvalue weighted by Crippen LogP contribution is -2.51. The van der Waals surface area contributed by atoms with Crippen molar-refractivity contribution in [1.29, 1.82) is 0 Å². The minimum atomic E-state index is -4.29. The quantitative estimate of drug-likeness (QED) is 0.690. The third kappa shape index (κ3) is 4.37. The van der Waals surface area contributed by atoms with E-state index in [-0.39, 0.29) is 37.8 Å². The summed E-state index contributed by atoms with van der Waals surface area (Å²) < 4.78 is 54.0. The zero-order chi connectivity index (χ0) is 20.3. The molecular weight excluding hydrogens is 406 g/mol. The number of aryl methyl sites for hydroxylation is 1. The molecular formula is C19H20F2N2O3S2. The molecule has 3 rings (SSSR count). The molecule has 2 aromatic carbocycles. The average molecular weight is 427 g/mol. The first-order valence-corrected chi connectivity index (χ1v) is 11.1. The van der Waals surface area contributed by atoms with Gasteiger partial charge >= 0.3 is 0 Å². The lowest BCUT2D eigenvalue weighted by atomic mass is 10.2. The summed E-state index contributed by atoms with van der Waals surface area (Å²) in [5.74, 6) is -2.08. The van der Waals surface area contributed by atoms with Gasteiger partial charge in [-0.05, 0) is 30.7 Å². The molecule has 150 valence electrons. The monoisotopic (exact) mass is 426 g/mol. The Kier molecular flexibility index (Phi) is 6.36. The summed E-state index contributed by atoms with van der Waals surface area (Å²) in [6, 6.07) is 10.7. The molecule has 5 nitrogen and oxygen atoms in total. The Morgan fingerprint density at radius 1 is 1.00 bits per heavy atom. The molecule has 28 heavy (non-hydrogen) atoms. The molecule has 0 saturated carbocycles. The number of carbonyl (C=O) groups excluding carboxylic acids is 1. The predicted octanol–water partition coefficient (Wildman–Crippen LogP) is 2.90. The van der Waals surface area contributed by atoms with Gasteiger partial charge in [0.2, 0.25) is 15.9 Å². The third-order valence-electron chi connectivity index (χ3n) is 4.55. The topological polar surface area (TPSA) is 57.7 Å². The van der Waals surface area contributed by atoms with Crippen molar-refractivity contribution in [1.82, 2.24) is 9.21 Å². The molecule has 2 aromatic rings. The lowest BCUT2D eigenvalue weighted by molar-refractivity contribution is -0.129. The maximum Gasteiger partial charge on any atom is 0.249 e. The predicted molar refractivity (Wildman–Crippen MR) is 104 cm³/mol. The fourth-order valence-electron chi connectivity index (χ4n) is 2.99. The van der Waals surface area contributed by atoms with Crippen LogP contribution in [0.1, 0.15) is 5.56 Å². The van der Waals surface area contributed by atoms with E-state index in [9.17, 15) is 22.0 Å². The minimum absolute atomic E-state index is 0.00310. The normalized spacial score (nSPS) is 15.6. The van der Waals surface area contributed by atoms with Crippen molar-refractivity contribution in [3.8, 4) is 0 Å². The Balaban J connectivity index is 1.61. The second kappa shape index (κ2) is 8.59. The van der Waals surface area contributed by atoms with Crippen molar-refractivity contribution in [2.75, 3.05) is 31.9 Å². The van der Waals surface area contributed by atoms with Crippen LogP contribution >= 0.6 is 11.8 Å². The second-order valence-electron chi connectivity index (χ2n) is 6.39. The van der Waals surface area contributed by atoms with Gasteiger partial charge in [0.25, 0.3) is 0 Å². The van der Waals surface area contributed by atoms with Crippen LogP contribution in [0.15, 0.2) is 52.3 Å². The van der Waals surface area contributed by atoms with Crippen LogP contribution in [0.3, 0.4) is 0 Å². The van der Waals surface area contributed by atoms with Gasteiger partial charge in [0.15, 0.2) is 4.90 Å². The summed E-state index contributed by atoms with van der Waals surface area (Å²) in [5, 5.41) is 0. The van der Waals surface area contributed by atoms with Crippen LogP contribution in [0.2, 0.25) is 0 Å². The van der Waals surface area contributed by atoms with E-state index in [4.69, 9.17) is 0 Å². The number of amides is 1. The molecule has 0 aliphatic carbocycles. The molecule has 1 aliphatic rings. The highest BCUT2D eigenvalue weighted by Gasteiger charge is 2.34. The first-order valence-electron chi connectivity index (χ1n) is 8.71. The van der Waals surface area contributed by atoms with E-state index in [1.165, 1.54) is 11.8 Å². The Morgan fingerprint density at radius 2 is 1.61 bits per heavy atom. The van der Waals surface area contributed by atoms with Crippen molar-refractivity contribution < 1.29 is 22.0 Å². The number of sulfonamides is 1. The Labute approximate surface area is 167 Å². The number of nitrogens with zero attached hydrogens (tertiary/aromatic N) is 2. The smallest absolute Gasteiger partial charge is 0.249 e. The van der Waals surface area contributed by atoms with Gasteiger partial charge in [-0.25, -0.2) is 17.2 Å². The standard InChI is InChI=1S/C19H20F2N2O3S2/c1-14-5-2-3-8-17(14)27-13-18(24)22-9-11-23(12-10-22)28(25,26)19-15(20)6-4-7-16(19)21/h2-8H,9-13H2,1H3. The zero-order valence-electron chi connectivity index (χ0n) is 15.3. The van der Waals surface area contributed by atoms with Crippen LogP contribution in [0.25, 0.3) is 0 Å². The molecule has 0 bridgehead atoms. The molecule has 1 aliphatic heterocycles. The van der Waals surface area contributed by atoms with Crippen molar-refractivity contribution in [3.05, 3.63) is 59.7 Å². The van der Waals surface area contributed by atoms with Crippen molar-refractivity contribution in [3.63, 3.8) is 0 Å². The van der Waals surface area contributed by atoms with E-state index in [0.717, 1.165) is 33.0 Å². The molecule has 0 N–H and O–H groups in total. The number of thioether (sulfide) groups is 1. The fourth-order valence-corrected chi connectivity index (χ4v) is 5.45. The first kappa shape index (κ1) is 20.8. The average Bonchev–Trinajstić information content (AvgIpc) is 2.67. The van der Waals surface area contributed by atoms with E-state index in [2.05, 4.69) is 0 Å². The van der Waals surface area contributed by atoms with Crippen LogP contribution < -0.4 is 0 Å². The third-order valence-corrected chi connectivity index (χ3v) is 7.66. The molecule has 9 heteroatoms. The number of hydrogen-bond acceptors (Lipinski definition) is 4. The summed E-state index contributed by atoms with van der Waals surface area (Å²) in [5.41, 5.74) is 1.09. The number of halogens is 2. The number of carbonyl (C=O) groups is 1. The fraction of sp³-hybridized carbons (Fsp3) is 0.316. The highest BCUT2D eigenvalue weighted by Crippen LogP contribution is 2.25.